The van der Waals surface area contributed by atoms with Crippen molar-refractivity contribution in [1.82, 2.24) is 9.88 Å². The summed E-state index contributed by atoms with van der Waals surface area (Å²) in [6.45, 7) is 5.39. The zero-order valence-corrected chi connectivity index (χ0v) is 16.9. The van der Waals surface area contributed by atoms with E-state index in [2.05, 4.69) is 47.1 Å². The zero-order valence-electron chi connectivity index (χ0n) is 15.3. The van der Waals surface area contributed by atoms with Gasteiger partial charge in [0.05, 0.1) is 5.69 Å². The summed E-state index contributed by atoms with van der Waals surface area (Å²) in [7, 11) is 0. The first-order valence-electron chi connectivity index (χ1n) is 9.25. The number of aromatic nitrogens is 1. The number of hydrogen-bond acceptors (Lipinski definition) is 2. The topological polar surface area (TPSA) is 33.2 Å². The van der Waals surface area contributed by atoms with Crippen LogP contribution in [0.2, 0.25) is 0 Å². The Hall–Kier alpha value is -1.94. The molecule has 1 aromatic carbocycles. The number of piperidine rings is 1. The van der Waals surface area contributed by atoms with E-state index in [9.17, 15) is 4.79 Å². The van der Waals surface area contributed by atoms with E-state index in [4.69, 9.17) is 4.98 Å². The highest BCUT2D eigenvalue weighted by atomic mass is 79.9. The molecule has 0 spiro atoms. The Kier molecular flexibility index (Phi) is 4.70. The molecule has 4 rings (SSSR count). The molecule has 1 saturated heterocycles. The van der Waals surface area contributed by atoms with E-state index < -0.39 is 0 Å². The molecular weight excluding hydrogens is 388 g/mol. The summed E-state index contributed by atoms with van der Waals surface area (Å²) in [6.07, 6.45) is 5.96. The number of benzene rings is 1. The number of halogens is 1. The monoisotopic (exact) mass is 410 g/mol. The number of nitrogens with zero attached hydrogens (tertiary/aromatic N) is 2. The van der Waals surface area contributed by atoms with Gasteiger partial charge >= 0.3 is 0 Å². The Morgan fingerprint density at radius 3 is 2.77 bits per heavy atom. The van der Waals surface area contributed by atoms with Crippen LogP contribution in [0.15, 0.2) is 40.5 Å². The van der Waals surface area contributed by atoms with Crippen molar-refractivity contribution in [2.45, 2.75) is 39.5 Å². The van der Waals surface area contributed by atoms with Gasteiger partial charge in [0.15, 0.2) is 0 Å². The summed E-state index contributed by atoms with van der Waals surface area (Å²) < 4.78 is 1.02. The van der Waals surface area contributed by atoms with Crippen LogP contribution in [-0.2, 0) is 17.6 Å². The highest BCUT2D eigenvalue weighted by Crippen LogP contribution is 2.38. The number of carbonyl (C=O) groups excluding carboxylic acids is 1. The van der Waals surface area contributed by atoms with Crippen molar-refractivity contribution in [3.63, 3.8) is 0 Å². The van der Waals surface area contributed by atoms with Crippen LogP contribution in [0, 0.1) is 6.92 Å². The maximum absolute atomic E-state index is 12.0. The minimum atomic E-state index is 0.157. The van der Waals surface area contributed by atoms with Crippen molar-refractivity contribution in [3.8, 4) is 0 Å². The van der Waals surface area contributed by atoms with Gasteiger partial charge in [-0.3, -0.25) is 9.78 Å². The number of aryl methyl sites for hydroxylation is 3. The minimum absolute atomic E-state index is 0.157. The molecule has 134 valence electrons. The molecule has 0 bridgehead atoms. The Balaban J connectivity index is 1.94. The summed E-state index contributed by atoms with van der Waals surface area (Å²) in [5, 5.41) is 0. The first kappa shape index (κ1) is 17.5. The summed E-state index contributed by atoms with van der Waals surface area (Å²) >= 11 is 3.58. The molecule has 0 unspecified atom stereocenters. The van der Waals surface area contributed by atoms with E-state index >= 15 is 0 Å². The largest absolute Gasteiger partial charge is 0.339 e. The van der Waals surface area contributed by atoms with Crippen LogP contribution in [0.4, 0.5) is 0 Å². The smallest absolute Gasteiger partial charge is 0.219 e. The molecule has 1 amide bonds. The molecule has 2 aromatic rings. The third-order valence-corrected chi connectivity index (χ3v) is 5.88. The Labute approximate surface area is 163 Å². The summed E-state index contributed by atoms with van der Waals surface area (Å²) in [4.78, 5) is 18.7. The van der Waals surface area contributed by atoms with Gasteiger partial charge in [0.2, 0.25) is 5.91 Å². The number of pyridine rings is 1. The molecule has 1 aromatic heterocycles. The highest BCUT2D eigenvalue weighted by Gasteiger charge is 2.26. The van der Waals surface area contributed by atoms with Gasteiger partial charge in [0, 0.05) is 36.3 Å². The number of amides is 1. The van der Waals surface area contributed by atoms with Crippen LogP contribution in [0.25, 0.3) is 5.57 Å². The van der Waals surface area contributed by atoms with Crippen molar-refractivity contribution < 1.29 is 4.79 Å². The molecule has 0 saturated carbocycles. The molecule has 26 heavy (non-hydrogen) atoms. The van der Waals surface area contributed by atoms with Gasteiger partial charge < -0.3 is 4.90 Å². The molecule has 0 N–H and O–H groups in total. The average Bonchev–Trinajstić information content (AvgIpc) is 2.78. The van der Waals surface area contributed by atoms with E-state index in [0.717, 1.165) is 48.9 Å². The van der Waals surface area contributed by atoms with Crippen molar-refractivity contribution in [1.29, 1.82) is 0 Å². The van der Waals surface area contributed by atoms with E-state index in [-0.39, 0.29) is 5.91 Å². The molecule has 1 aliphatic carbocycles. The van der Waals surface area contributed by atoms with Gasteiger partial charge in [-0.1, -0.05) is 23.8 Å². The fraction of sp³-hybridized carbons (Fsp3) is 0.364. The van der Waals surface area contributed by atoms with Crippen LogP contribution in [0.5, 0.6) is 0 Å². The highest BCUT2D eigenvalue weighted by molar-refractivity contribution is 9.10. The molecule has 0 atom stereocenters. The van der Waals surface area contributed by atoms with Crippen LogP contribution in [-0.4, -0.2) is 28.9 Å². The van der Waals surface area contributed by atoms with Crippen LogP contribution in [0.3, 0.4) is 0 Å². The lowest BCUT2D eigenvalue weighted by molar-refractivity contribution is -0.128. The third-order valence-electron chi connectivity index (χ3n) is 5.45. The Morgan fingerprint density at radius 1 is 1.15 bits per heavy atom. The Bertz CT molecular complexity index is 861. The van der Waals surface area contributed by atoms with Gasteiger partial charge in [-0.25, -0.2) is 0 Å². The van der Waals surface area contributed by atoms with Crippen molar-refractivity contribution in [3.05, 3.63) is 68.5 Å². The maximum Gasteiger partial charge on any atom is 0.219 e. The molecular formula is C22H23BrN2O. The molecule has 3 nitrogen and oxygen atoms in total. The number of carbonyl (C=O) groups is 1. The summed E-state index contributed by atoms with van der Waals surface area (Å²) in [5.41, 5.74) is 8.96. The van der Waals surface area contributed by atoms with Gasteiger partial charge in [-0.15, -0.1) is 0 Å². The van der Waals surface area contributed by atoms with E-state index in [0.29, 0.717) is 0 Å². The van der Waals surface area contributed by atoms with Gasteiger partial charge in [-0.2, -0.15) is 0 Å². The van der Waals surface area contributed by atoms with Crippen LogP contribution in [0.1, 0.15) is 47.7 Å². The molecule has 4 heteroatoms. The van der Waals surface area contributed by atoms with Crippen molar-refractivity contribution in [2.75, 3.05) is 13.1 Å². The normalized spacial score (nSPS) is 19.6. The molecule has 2 heterocycles. The van der Waals surface area contributed by atoms with Crippen LogP contribution >= 0.6 is 15.9 Å². The number of rotatable bonds is 0. The predicted molar refractivity (Wildman–Crippen MR) is 108 cm³/mol. The molecule has 1 aliphatic heterocycles. The number of hydrogen-bond donors (Lipinski definition) is 0. The lowest BCUT2D eigenvalue weighted by Crippen LogP contribution is -2.35. The Morgan fingerprint density at radius 2 is 1.96 bits per heavy atom. The van der Waals surface area contributed by atoms with Gasteiger partial charge in [0.1, 0.15) is 0 Å². The van der Waals surface area contributed by atoms with Crippen molar-refractivity contribution in [2.24, 2.45) is 0 Å². The zero-order chi connectivity index (χ0) is 18.3. The average molecular weight is 411 g/mol. The second-order valence-electron chi connectivity index (χ2n) is 7.34. The summed E-state index contributed by atoms with van der Waals surface area (Å²) in [5.74, 6) is 0.157. The quantitative estimate of drug-likeness (QED) is 0.630. The lowest BCUT2D eigenvalue weighted by atomic mass is 9.88. The van der Waals surface area contributed by atoms with E-state index in [1.165, 1.54) is 33.4 Å². The van der Waals surface area contributed by atoms with Crippen LogP contribution < -0.4 is 0 Å². The molecule has 0 radical (unpaired) electrons. The second kappa shape index (κ2) is 6.99. The number of likely N-dealkylation sites (tertiary alicyclic amines) is 1. The SMILES string of the molecule is CC(=O)N1CCC/C(=C2/c3ccc(C)cc3CCc3cc(Br)cnc32)C1. The first-order valence-corrected chi connectivity index (χ1v) is 10.0. The minimum Gasteiger partial charge on any atom is -0.339 e. The fourth-order valence-electron chi connectivity index (χ4n) is 4.17. The lowest BCUT2D eigenvalue weighted by Gasteiger charge is -2.30. The third kappa shape index (κ3) is 3.23. The standard InChI is InChI=1S/C22H23BrN2O/c1-14-5-8-20-16(10-14)6-7-17-11-19(23)12-24-22(17)21(20)18-4-3-9-25(13-18)15(2)26/h5,8,10-12H,3-4,6-7,9,13H2,1-2H3/b21-18+. The van der Waals surface area contributed by atoms with Crippen molar-refractivity contribution >= 4 is 27.4 Å². The van der Waals surface area contributed by atoms with E-state index in [1.54, 1.807) is 6.92 Å². The fourth-order valence-corrected chi connectivity index (χ4v) is 4.55. The second-order valence-corrected chi connectivity index (χ2v) is 8.26. The predicted octanol–water partition coefficient (Wildman–Crippen LogP) is 4.70. The first-order chi connectivity index (χ1) is 12.5. The summed E-state index contributed by atoms with van der Waals surface area (Å²) in [6, 6.07) is 8.95. The number of fused-ring (bicyclic) bond motifs is 2. The van der Waals surface area contributed by atoms with Gasteiger partial charge in [-0.05, 0) is 76.9 Å². The van der Waals surface area contributed by atoms with Gasteiger partial charge in [0.25, 0.3) is 0 Å². The van der Waals surface area contributed by atoms with E-state index in [1.807, 2.05) is 11.1 Å². The molecule has 1 fully saturated rings. The molecule has 2 aliphatic rings. The maximum atomic E-state index is 12.0.